The molecule has 2 rings (SSSR count). The Morgan fingerprint density at radius 2 is 2.21 bits per heavy atom. The van der Waals surface area contributed by atoms with Crippen LogP contribution >= 0.6 is 0 Å². The van der Waals surface area contributed by atoms with Crippen molar-refractivity contribution >= 4 is 28.3 Å². The first-order valence-corrected chi connectivity index (χ1v) is 4.22. The molecule has 2 aromatic rings. The van der Waals surface area contributed by atoms with Gasteiger partial charge in [-0.25, -0.2) is 0 Å². The largest absolute Gasteiger partial charge is 0.462 e. The molecule has 0 unspecified atom stereocenters. The lowest BCUT2D eigenvalue weighted by molar-refractivity contribution is -0.114. The van der Waals surface area contributed by atoms with E-state index >= 15 is 0 Å². The van der Waals surface area contributed by atoms with Crippen molar-refractivity contribution in [1.29, 1.82) is 0 Å². The number of nitrogen functional groups attached to an aromatic ring is 1. The third kappa shape index (κ3) is 1.31. The third-order valence-corrected chi connectivity index (χ3v) is 1.96. The fourth-order valence-electron chi connectivity index (χ4n) is 1.38. The summed E-state index contributed by atoms with van der Waals surface area (Å²) in [5.41, 5.74) is 7.59. The van der Waals surface area contributed by atoms with Crippen LogP contribution in [0.15, 0.2) is 28.9 Å². The molecule has 14 heavy (non-hydrogen) atoms. The second kappa shape index (κ2) is 3.06. The van der Waals surface area contributed by atoms with Gasteiger partial charge in [0, 0.05) is 12.3 Å². The van der Waals surface area contributed by atoms with Crippen molar-refractivity contribution in [3.8, 4) is 0 Å². The van der Waals surface area contributed by atoms with Gasteiger partial charge in [0.2, 0.25) is 5.91 Å². The number of rotatable bonds is 1. The van der Waals surface area contributed by atoms with E-state index in [1.54, 1.807) is 24.5 Å². The topological polar surface area (TPSA) is 68.3 Å². The molecule has 4 heteroatoms. The highest BCUT2D eigenvalue weighted by Gasteiger charge is 2.07. The van der Waals surface area contributed by atoms with E-state index in [9.17, 15) is 4.79 Å². The number of amides is 1. The van der Waals surface area contributed by atoms with E-state index in [0.29, 0.717) is 11.3 Å². The number of nitrogens with one attached hydrogen (secondary N) is 1. The van der Waals surface area contributed by atoms with E-state index in [4.69, 9.17) is 10.2 Å². The van der Waals surface area contributed by atoms with Gasteiger partial charge in [0.25, 0.3) is 0 Å². The molecule has 0 aliphatic heterocycles. The summed E-state index contributed by atoms with van der Waals surface area (Å²) in [4.78, 5) is 10.9. The van der Waals surface area contributed by atoms with Crippen LogP contribution < -0.4 is 11.1 Å². The highest BCUT2D eigenvalue weighted by Crippen LogP contribution is 2.28. The van der Waals surface area contributed by atoms with Crippen molar-refractivity contribution in [1.82, 2.24) is 0 Å². The smallest absolute Gasteiger partial charge is 0.221 e. The number of nitrogens with two attached hydrogens (primary N) is 1. The van der Waals surface area contributed by atoms with Crippen molar-refractivity contribution < 1.29 is 9.21 Å². The second-order valence-electron chi connectivity index (χ2n) is 3.05. The summed E-state index contributed by atoms with van der Waals surface area (Å²) in [6.07, 6.45) is 1.55. The number of hydrogen-bond acceptors (Lipinski definition) is 3. The van der Waals surface area contributed by atoms with Gasteiger partial charge in [-0.3, -0.25) is 4.79 Å². The van der Waals surface area contributed by atoms with Crippen LogP contribution in [0, 0.1) is 0 Å². The predicted octanol–water partition coefficient (Wildman–Crippen LogP) is 1.97. The summed E-state index contributed by atoms with van der Waals surface area (Å²) in [6, 6.07) is 5.24. The van der Waals surface area contributed by atoms with Gasteiger partial charge in [-0.05, 0) is 18.2 Å². The van der Waals surface area contributed by atoms with Crippen molar-refractivity contribution in [3.63, 3.8) is 0 Å². The highest BCUT2D eigenvalue weighted by molar-refractivity contribution is 6.03. The maximum atomic E-state index is 10.9. The monoisotopic (exact) mass is 190 g/mol. The Balaban J connectivity index is 2.60. The lowest BCUT2D eigenvalue weighted by Crippen LogP contribution is -2.05. The van der Waals surface area contributed by atoms with Crippen molar-refractivity contribution in [2.45, 2.75) is 6.92 Å². The van der Waals surface area contributed by atoms with Crippen molar-refractivity contribution in [2.24, 2.45) is 0 Å². The minimum absolute atomic E-state index is 0.114. The molecule has 1 aromatic heterocycles. The van der Waals surface area contributed by atoms with E-state index in [0.717, 1.165) is 11.1 Å². The number of furan rings is 1. The van der Waals surface area contributed by atoms with Gasteiger partial charge >= 0.3 is 0 Å². The molecule has 1 heterocycles. The first kappa shape index (κ1) is 8.62. The number of benzene rings is 1. The van der Waals surface area contributed by atoms with E-state index < -0.39 is 0 Å². The van der Waals surface area contributed by atoms with Crippen LogP contribution in [0.4, 0.5) is 11.4 Å². The lowest BCUT2D eigenvalue weighted by Gasteiger charge is -2.03. The molecule has 0 saturated carbocycles. The van der Waals surface area contributed by atoms with Gasteiger partial charge in [0.15, 0.2) is 5.58 Å². The average molecular weight is 190 g/mol. The molecular weight excluding hydrogens is 180 g/mol. The van der Waals surface area contributed by atoms with Gasteiger partial charge in [-0.2, -0.15) is 0 Å². The molecule has 0 saturated heterocycles. The van der Waals surface area contributed by atoms with Crippen LogP contribution in [0.2, 0.25) is 0 Å². The normalized spacial score (nSPS) is 10.4. The molecule has 0 radical (unpaired) electrons. The van der Waals surface area contributed by atoms with Crippen LogP contribution in [0.25, 0.3) is 11.0 Å². The Labute approximate surface area is 80.7 Å². The quantitative estimate of drug-likeness (QED) is 0.675. The van der Waals surface area contributed by atoms with Gasteiger partial charge in [-0.15, -0.1) is 0 Å². The van der Waals surface area contributed by atoms with Crippen molar-refractivity contribution in [2.75, 3.05) is 11.1 Å². The Morgan fingerprint density at radius 3 is 2.93 bits per heavy atom. The first-order valence-electron chi connectivity index (χ1n) is 4.22. The molecule has 1 aromatic carbocycles. The molecule has 72 valence electrons. The Morgan fingerprint density at radius 1 is 1.43 bits per heavy atom. The molecule has 0 atom stereocenters. The average Bonchev–Trinajstić information content (AvgIpc) is 2.58. The van der Waals surface area contributed by atoms with Crippen molar-refractivity contribution in [3.05, 3.63) is 24.5 Å². The number of carbonyl (C=O) groups excluding carboxylic acids is 1. The van der Waals surface area contributed by atoms with E-state index in [1.807, 2.05) is 0 Å². The molecule has 0 aliphatic carbocycles. The maximum absolute atomic E-state index is 10.9. The van der Waals surface area contributed by atoms with Crippen LogP contribution in [0.5, 0.6) is 0 Å². The predicted molar refractivity (Wildman–Crippen MR) is 54.9 cm³/mol. The molecule has 3 N–H and O–H groups in total. The maximum Gasteiger partial charge on any atom is 0.221 e. The Bertz CT molecular complexity index is 488. The molecule has 0 fully saturated rings. The molecule has 4 nitrogen and oxygen atoms in total. The van der Waals surface area contributed by atoms with Gasteiger partial charge in [0.1, 0.15) is 0 Å². The lowest BCUT2D eigenvalue weighted by atomic mass is 10.2. The van der Waals surface area contributed by atoms with Crippen LogP contribution in [-0.4, -0.2) is 5.91 Å². The minimum atomic E-state index is -0.114. The molecule has 1 amide bonds. The second-order valence-corrected chi connectivity index (χ2v) is 3.05. The number of hydrogen-bond donors (Lipinski definition) is 2. The summed E-state index contributed by atoms with van der Waals surface area (Å²) in [5, 5.41) is 3.53. The van der Waals surface area contributed by atoms with E-state index in [1.165, 1.54) is 6.92 Å². The summed E-state index contributed by atoms with van der Waals surface area (Å²) in [6.45, 7) is 1.46. The van der Waals surface area contributed by atoms with Gasteiger partial charge in [-0.1, -0.05) is 0 Å². The number of anilines is 2. The molecule has 0 bridgehead atoms. The third-order valence-electron chi connectivity index (χ3n) is 1.96. The fraction of sp³-hybridized carbons (Fsp3) is 0.100. The van der Waals surface area contributed by atoms with Crippen LogP contribution in [-0.2, 0) is 4.79 Å². The standard InChI is InChI=1S/C10H10N2O2/c1-6(13)12-9-3-2-8(11)10-7(9)4-5-14-10/h2-5H,11H2,1H3,(H,12,13). The zero-order valence-corrected chi connectivity index (χ0v) is 7.70. The summed E-state index contributed by atoms with van der Waals surface area (Å²) >= 11 is 0. The van der Waals surface area contributed by atoms with Crippen LogP contribution in [0.3, 0.4) is 0 Å². The summed E-state index contributed by atoms with van der Waals surface area (Å²) < 4.78 is 5.19. The van der Waals surface area contributed by atoms with Crippen LogP contribution in [0.1, 0.15) is 6.92 Å². The SMILES string of the molecule is CC(=O)Nc1ccc(N)c2occc12. The number of fused-ring (bicyclic) bond motifs is 1. The molecular formula is C10H10N2O2. The Hall–Kier alpha value is -1.97. The Kier molecular flexibility index (Phi) is 1.89. The van der Waals surface area contributed by atoms with E-state index in [-0.39, 0.29) is 5.91 Å². The van der Waals surface area contributed by atoms with Gasteiger partial charge < -0.3 is 15.5 Å². The fourth-order valence-corrected chi connectivity index (χ4v) is 1.38. The summed E-state index contributed by atoms with van der Waals surface area (Å²) in [7, 11) is 0. The zero-order valence-electron chi connectivity index (χ0n) is 7.70. The summed E-state index contributed by atoms with van der Waals surface area (Å²) in [5.74, 6) is -0.114. The minimum Gasteiger partial charge on any atom is -0.462 e. The molecule has 0 spiro atoms. The highest BCUT2D eigenvalue weighted by atomic mass is 16.3. The van der Waals surface area contributed by atoms with E-state index in [2.05, 4.69) is 5.32 Å². The van der Waals surface area contributed by atoms with Gasteiger partial charge in [0.05, 0.1) is 17.6 Å². The molecule has 0 aliphatic rings. The zero-order chi connectivity index (χ0) is 10.1. The number of carbonyl (C=O) groups is 1. The first-order chi connectivity index (χ1) is 6.68.